The average molecular weight is 180 g/mol. The molecule has 3 rings (SSSR count). The van der Waals surface area contributed by atoms with Crippen LogP contribution in [0.3, 0.4) is 0 Å². The Balaban J connectivity index is 1.96. The largest absolute Gasteiger partial charge is 0.396 e. The van der Waals surface area contributed by atoms with Gasteiger partial charge in [-0.3, -0.25) is 4.79 Å². The fourth-order valence-corrected chi connectivity index (χ4v) is 4.35. The summed E-state index contributed by atoms with van der Waals surface area (Å²) in [6, 6.07) is 0. The molecule has 0 heterocycles. The van der Waals surface area contributed by atoms with Crippen molar-refractivity contribution >= 4 is 5.78 Å². The minimum absolute atomic E-state index is 0.0538. The molecule has 1 N–H and O–H groups in total. The van der Waals surface area contributed by atoms with Crippen molar-refractivity contribution in [1.82, 2.24) is 0 Å². The number of hydrogen-bond acceptors (Lipinski definition) is 2. The topological polar surface area (TPSA) is 37.3 Å². The number of hydrogen-bond donors (Lipinski definition) is 1. The summed E-state index contributed by atoms with van der Waals surface area (Å²) in [5, 5.41) is 9.46. The van der Waals surface area contributed by atoms with Gasteiger partial charge < -0.3 is 5.11 Å². The standard InChI is InChI=1S/C11H16O2/c12-6-11-5-4-9(13)10(11)7-2-1-3-8(7)11/h7-8,10,12H,1-6H2. The molecule has 0 bridgehead atoms. The maximum Gasteiger partial charge on any atom is 0.136 e. The average Bonchev–Trinajstić information content (AvgIpc) is 2.61. The van der Waals surface area contributed by atoms with Crippen LogP contribution in [0.2, 0.25) is 0 Å². The predicted octanol–water partition coefficient (Wildman–Crippen LogP) is 1.37. The maximum absolute atomic E-state index is 11.6. The van der Waals surface area contributed by atoms with Crippen LogP contribution in [0.5, 0.6) is 0 Å². The maximum atomic E-state index is 11.6. The van der Waals surface area contributed by atoms with Gasteiger partial charge in [0.05, 0.1) is 0 Å². The Labute approximate surface area is 78.3 Å². The van der Waals surface area contributed by atoms with Gasteiger partial charge >= 0.3 is 0 Å². The molecule has 0 aromatic heterocycles. The van der Waals surface area contributed by atoms with Crippen molar-refractivity contribution in [3.63, 3.8) is 0 Å². The Morgan fingerprint density at radius 3 is 3.08 bits per heavy atom. The van der Waals surface area contributed by atoms with Gasteiger partial charge in [0.2, 0.25) is 0 Å². The second-order valence-electron chi connectivity index (χ2n) is 5.04. The highest BCUT2D eigenvalue weighted by molar-refractivity contribution is 5.86. The molecule has 0 amide bonds. The SMILES string of the molecule is O=C1CCC2(CO)C3CCCC3C12. The van der Waals surface area contributed by atoms with Gasteiger partial charge in [-0.15, -0.1) is 0 Å². The number of ketones is 1. The summed E-state index contributed by atoms with van der Waals surface area (Å²) in [7, 11) is 0. The predicted molar refractivity (Wildman–Crippen MR) is 48.1 cm³/mol. The van der Waals surface area contributed by atoms with E-state index in [1.165, 1.54) is 19.3 Å². The second kappa shape index (κ2) is 2.35. The molecule has 2 nitrogen and oxygen atoms in total. The van der Waals surface area contributed by atoms with Crippen LogP contribution in [-0.4, -0.2) is 17.5 Å². The van der Waals surface area contributed by atoms with Crippen LogP contribution < -0.4 is 0 Å². The summed E-state index contributed by atoms with van der Waals surface area (Å²) in [6.45, 7) is 0.255. The van der Waals surface area contributed by atoms with E-state index >= 15 is 0 Å². The minimum atomic E-state index is 0.0538. The first-order valence-corrected chi connectivity index (χ1v) is 5.43. The highest BCUT2D eigenvalue weighted by atomic mass is 16.3. The molecule has 0 radical (unpaired) electrons. The highest BCUT2D eigenvalue weighted by Gasteiger charge is 2.67. The zero-order valence-electron chi connectivity index (χ0n) is 7.83. The van der Waals surface area contributed by atoms with Gasteiger partial charge in [-0.05, 0) is 31.1 Å². The lowest BCUT2D eigenvalue weighted by Gasteiger charge is -2.54. The van der Waals surface area contributed by atoms with Crippen LogP contribution in [0.15, 0.2) is 0 Å². The van der Waals surface area contributed by atoms with Crippen LogP contribution in [-0.2, 0) is 4.79 Å². The van der Waals surface area contributed by atoms with Crippen LogP contribution in [0.1, 0.15) is 32.1 Å². The number of fused-ring (bicyclic) bond motifs is 4. The molecule has 4 unspecified atom stereocenters. The molecule has 3 aliphatic carbocycles. The zero-order chi connectivity index (χ0) is 9.05. The zero-order valence-corrected chi connectivity index (χ0v) is 7.83. The van der Waals surface area contributed by atoms with Gasteiger partial charge in [0.15, 0.2) is 0 Å². The minimum Gasteiger partial charge on any atom is -0.396 e. The lowest BCUT2D eigenvalue weighted by molar-refractivity contribution is -0.148. The molecular formula is C11H16O2. The summed E-state index contributed by atoms with van der Waals surface area (Å²) in [5.74, 6) is 2.04. The molecule has 0 spiro atoms. The number of carbonyl (C=O) groups excluding carboxylic acids is 1. The van der Waals surface area contributed by atoms with E-state index in [2.05, 4.69) is 0 Å². The van der Waals surface area contributed by atoms with Gasteiger partial charge in [-0.1, -0.05) is 6.42 Å². The summed E-state index contributed by atoms with van der Waals surface area (Å²) in [4.78, 5) is 11.6. The Hall–Kier alpha value is -0.370. The van der Waals surface area contributed by atoms with E-state index in [4.69, 9.17) is 0 Å². The van der Waals surface area contributed by atoms with Gasteiger partial charge in [-0.2, -0.15) is 0 Å². The van der Waals surface area contributed by atoms with Gasteiger partial charge in [-0.25, -0.2) is 0 Å². The molecule has 3 saturated carbocycles. The number of aliphatic hydroxyl groups is 1. The Kier molecular flexibility index (Phi) is 1.44. The Morgan fingerprint density at radius 2 is 2.31 bits per heavy atom. The summed E-state index contributed by atoms with van der Waals surface area (Å²) >= 11 is 0. The van der Waals surface area contributed by atoms with Gasteiger partial charge in [0, 0.05) is 24.4 Å². The van der Waals surface area contributed by atoms with Crippen LogP contribution in [0.4, 0.5) is 0 Å². The smallest absolute Gasteiger partial charge is 0.136 e. The third-order valence-electron chi connectivity index (χ3n) is 4.83. The number of rotatable bonds is 1. The van der Waals surface area contributed by atoms with Crippen molar-refractivity contribution in [3.05, 3.63) is 0 Å². The molecule has 2 heteroatoms. The molecule has 4 atom stereocenters. The normalized spacial score (nSPS) is 53.0. The first-order chi connectivity index (χ1) is 6.29. The fraction of sp³-hybridized carbons (Fsp3) is 0.909. The molecule has 72 valence electrons. The molecule has 0 saturated heterocycles. The van der Waals surface area contributed by atoms with E-state index in [-0.39, 0.29) is 17.9 Å². The van der Waals surface area contributed by atoms with Crippen molar-refractivity contribution in [2.75, 3.05) is 6.61 Å². The van der Waals surface area contributed by atoms with Crippen molar-refractivity contribution in [3.8, 4) is 0 Å². The summed E-state index contributed by atoms with van der Waals surface area (Å²) in [5.41, 5.74) is 0.0538. The molecule has 0 aliphatic heterocycles. The third kappa shape index (κ3) is 0.723. The Bertz CT molecular complexity index is 261. The Morgan fingerprint density at radius 1 is 1.46 bits per heavy atom. The molecular weight excluding hydrogens is 164 g/mol. The van der Waals surface area contributed by atoms with E-state index < -0.39 is 0 Å². The molecule has 13 heavy (non-hydrogen) atoms. The highest BCUT2D eigenvalue weighted by Crippen LogP contribution is 2.68. The number of carbonyl (C=O) groups is 1. The van der Waals surface area contributed by atoms with E-state index in [1.54, 1.807) is 0 Å². The molecule has 3 aliphatic rings. The van der Waals surface area contributed by atoms with E-state index in [9.17, 15) is 9.90 Å². The molecule has 0 aromatic rings. The van der Waals surface area contributed by atoms with Gasteiger partial charge in [0.25, 0.3) is 0 Å². The second-order valence-corrected chi connectivity index (χ2v) is 5.04. The monoisotopic (exact) mass is 180 g/mol. The molecule has 0 aromatic carbocycles. The number of aliphatic hydroxyl groups excluding tert-OH is 1. The van der Waals surface area contributed by atoms with Crippen LogP contribution >= 0.6 is 0 Å². The van der Waals surface area contributed by atoms with E-state index in [0.717, 1.165) is 12.8 Å². The van der Waals surface area contributed by atoms with Crippen molar-refractivity contribution in [2.45, 2.75) is 32.1 Å². The van der Waals surface area contributed by atoms with E-state index in [0.29, 0.717) is 17.6 Å². The quantitative estimate of drug-likeness (QED) is 0.661. The number of Topliss-reactive ketones (excluding diaryl/α,β-unsaturated/α-hetero) is 1. The first kappa shape index (κ1) is 7.98. The van der Waals surface area contributed by atoms with Gasteiger partial charge in [0.1, 0.15) is 5.78 Å². The summed E-state index contributed by atoms with van der Waals surface area (Å²) < 4.78 is 0. The fourth-order valence-electron chi connectivity index (χ4n) is 4.35. The van der Waals surface area contributed by atoms with Crippen molar-refractivity contribution in [1.29, 1.82) is 0 Å². The lowest BCUT2D eigenvalue weighted by Crippen LogP contribution is -2.55. The van der Waals surface area contributed by atoms with Crippen LogP contribution in [0.25, 0.3) is 0 Å². The first-order valence-electron chi connectivity index (χ1n) is 5.43. The third-order valence-corrected chi connectivity index (χ3v) is 4.83. The summed E-state index contributed by atoms with van der Waals surface area (Å²) in [6.07, 6.45) is 5.48. The van der Waals surface area contributed by atoms with E-state index in [1.807, 2.05) is 0 Å². The lowest BCUT2D eigenvalue weighted by atomic mass is 9.49. The van der Waals surface area contributed by atoms with Crippen molar-refractivity contribution in [2.24, 2.45) is 23.2 Å². The van der Waals surface area contributed by atoms with Crippen LogP contribution in [0, 0.1) is 23.2 Å². The molecule has 3 fully saturated rings. The van der Waals surface area contributed by atoms with Crippen molar-refractivity contribution < 1.29 is 9.90 Å².